The molecule has 1 aromatic heterocycles. The van der Waals surface area contributed by atoms with Crippen molar-refractivity contribution in [1.29, 1.82) is 0 Å². The average Bonchev–Trinajstić information content (AvgIpc) is 3.15. The monoisotopic (exact) mass is 308 g/mol. The van der Waals surface area contributed by atoms with Crippen molar-refractivity contribution >= 4 is 17.3 Å². The molecule has 118 valence electrons. The van der Waals surface area contributed by atoms with Crippen LogP contribution >= 0.6 is 11.3 Å². The van der Waals surface area contributed by atoms with Gasteiger partial charge in [-0.2, -0.15) is 0 Å². The molecule has 1 saturated heterocycles. The van der Waals surface area contributed by atoms with E-state index in [0.717, 1.165) is 19.0 Å². The van der Waals surface area contributed by atoms with Gasteiger partial charge >= 0.3 is 0 Å². The molecule has 1 unspecified atom stereocenters. The van der Waals surface area contributed by atoms with Crippen LogP contribution < -0.4 is 10.6 Å². The third kappa shape index (κ3) is 5.00. The second kappa shape index (κ2) is 8.39. The summed E-state index contributed by atoms with van der Waals surface area (Å²) in [6, 6.07) is 4.82. The zero-order valence-electron chi connectivity index (χ0n) is 13.4. The smallest absolute Gasteiger partial charge is 0.191 e. The highest BCUT2D eigenvalue weighted by Gasteiger charge is 2.24. The summed E-state index contributed by atoms with van der Waals surface area (Å²) in [5.41, 5.74) is 0. The molecule has 21 heavy (non-hydrogen) atoms. The van der Waals surface area contributed by atoms with E-state index < -0.39 is 0 Å². The highest BCUT2D eigenvalue weighted by Crippen LogP contribution is 2.17. The lowest BCUT2D eigenvalue weighted by Gasteiger charge is -2.31. The normalized spacial score (nSPS) is 18.2. The number of guanidine groups is 1. The van der Waals surface area contributed by atoms with Crippen molar-refractivity contribution in [2.45, 2.75) is 39.3 Å². The second-order valence-corrected chi connectivity index (χ2v) is 6.97. The molecule has 4 nitrogen and oxygen atoms in total. The fourth-order valence-electron chi connectivity index (χ4n) is 2.87. The number of nitrogens with zero attached hydrogens (tertiary/aromatic N) is 2. The molecule has 5 heteroatoms. The van der Waals surface area contributed by atoms with Gasteiger partial charge in [0.05, 0.1) is 6.54 Å². The number of hydrogen-bond donors (Lipinski definition) is 2. The second-order valence-electron chi connectivity index (χ2n) is 5.94. The van der Waals surface area contributed by atoms with Crippen molar-refractivity contribution in [2.24, 2.45) is 10.9 Å². The number of rotatable bonds is 6. The third-order valence-electron chi connectivity index (χ3n) is 4.09. The summed E-state index contributed by atoms with van der Waals surface area (Å²) in [6.07, 6.45) is 2.68. The first-order valence-corrected chi connectivity index (χ1v) is 8.79. The molecule has 0 spiro atoms. The van der Waals surface area contributed by atoms with E-state index in [1.165, 1.54) is 30.8 Å². The number of thiophene rings is 1. The molecule has 1 fully saturated rings. The van der Waals surface area contributed by atoms with Crippen LogP contribution in [0.15, 0.2) is 22.5 Å². The Bertz CT molecular complexity index is 421. The Morgan fingerprint density at radius 2 is 2.10 bits per heavy atom. The van der Waals surface area contributed by atoms with E-state index in [2.05, 4.69) is 51.9 Å². The first kappa shape index (κ1) is 16.3. The van der Waals surface area contributed by atoms with Gasteiger partial charge in [0.25, 0.3) is 0 Å². The van der Waals surface area contributed by atoms with Gasteiger partial charge in [0.2, 0.25) is 0 Å². The molecule has 0 aromatic carbocycles. The fourth-order valence-corrected chi connectivity index (χ4v) is 3.51. The summed E-state index contributed by atoms with van der Waals surface area (Å²) < 4.78 is 0. The van der Waals surface area contributed by atoms with Crippen LogP contribution in [-0.2, 0) is 6.54 Å². The number of nitrogens with one attached hydrogen (secondary N) is 2. The number of hydrogen-bond acceptors (Lipinski definition) is 3. The Balaban J connectivity index is 1.80. The average molecular weight is 308 g/mol. The van der Waals surface area contributed by atoms with Crippen LogP contribution in [0.2, 0.25) is 0 Å². The van der Waals surface area contributed by atoms with Crippen molar-refractivity contribution in [3.63, 3.8) is 0 Å². The molecule has 0 bridgehead atoms. The molecule has 2 N–H and O–H groups in total. The summed E-state index contributed by atoms with van der Waals surface area (Å²) in [7, 11) is 1.84. The Morgan fingerprint density at radius 3 is 2.67 bits per heavy atom. The van der Waals surface area contributed by atoms with Gasteiger partial charge in [-0.25, -0.2) is 0 Å². The first-order chi connectivity index (χ1) is 10.2. The molecule has 1 aliphatic heterocycles. The fraction of sp³-hybridized carbons (Fsp3) is 0.688. The van der Waals surface area contributed by atoms with Crippen LogP contribution in [0.25, 0.3) is 0 Å². The summed E-state index contributed by atoms with van der Waals surface area (Å²) in [5, 5.41) is 8.99. The standard InChI is InChI=1S/C16H28N4S/c1-13(2)15(20-8-4-5-9-20)12-19-16(17-3)18-11-14-7-6-10-21-14/h6-7,10,13,15H,4-5,8-9,11-12H2,1-3H3,(H2,17,18,19). The molecular weight excluding hydrogens is 280 g/mol. The molecule has 1 aromatic rings. The molecule has 0 radical (unpaired) electrons. The summed E-state index contributed by atoms with van der Waals surface area (Å²) in [6.45, 7) is 8.91. The van der Waals surface area contributed by atoms with E-state index in [9.17, 15) is 0 Å². The maximum atomic E-state index is 4.33. The van der Waals surface area contributed by atoms with Gasteiger partial charge in [-0.1, -0.05) is 19.9 Å². The molecule has 0 aliphatic carbocycles. The van der Waals surface area contributed by atoms with Crippen molar-refractivity contribution in [2.75, 3.05) is 26.7 Å². The number of aliphatic imine (C=N–C) groups is 1. The maximum absolute atomic E-state index is 4.33. The van der Waals surface area contributed by atoms with E-state index >= 15 is 0 Å². The summed E-state index contributed by atoms with van der Waals surface area (Å²) in [5.74, 6) is 1.55. The van der Waals surface area contributed by atoms with Gasteiger partial charge in [0.1, 0.15) is 0 Å². The van der Waals surface area contributed by atoms with Crippen LogP contribution in [0.3, 0.4) is 0 Å². The Kier molecular flexibility index (Phi) is 6.51. The lowest BCUT2D eigenvalue weighted by molar-refractivity contribution is 0.192. The van der Waals surface area contributed by atoms with E-state index in [4.69, 9.17) is 0 Å². The lowest BCUT2D eigenvalue weighted by Crippen LogP contribution is -2.48. The largest absolute Gasteiger partial charge is 0.355 e. The molecule has 1 aliphatic rings. The summed E-state index contributed by atoms with van der Waals surface area (Å²) in [4.78, 5) is 8.27. The van der Waals surface area contributed by atoms with Gasteiger partial charge < -0.3 is 10.6 Å². The van der Waals surface area contributed by atoms with Crippen molar-refractivity contribution < 1.29 is 0 Å². The van der Waals surface area contributed by atoms with Gasteiger partial charge in [0, 0.05) is 24.5 Å². The lowest BCUT2D eigenvalue weighted by atomic mass is 10.0. The van der Waals surface area contributed by atoms with Crippen molar-refractivity contribution in [3.05, 3.63) is 22.4 Å². The van der Waals surface area contributed by atoms with Crippen LogP contribution in [0.5, 0.6) is 0 Å². The van der Waals surface area contributed by atoms with Gasteiger partial charge in [-0.15, -0.1) is 11.3 Å². The van der Waals surface area contributed by atoms with Crippen molar-refractivity contribution in [1.82, 2.24) is 15.5 Å². The molecular formula is C16H28N4S. The first-order valence-electron chi connectivity index (χ1n) is 7.91. The summed E-state index contributed by atoms with van der Waals surface area (Å²) >= 11 is 1.77. The predicted molar refractivity (Wildman–Crippen MR) is 92.0 cm³/mol. The topological polar surface area (TPSA) is 39.7 Å². The Hall–Kier alpha value is -1.07. The highest BCUT2D eigenvalue weighted by atomic mass is 32.1. The number of likely N-dealkylation sites (tertiary alicyclic amines) is 1. The van der Waals surface area contributed by atoms with Crippen LogP contribution in [0.4, 0.5) is 0 Å². The molecule has 2 heterocycles. The SMILES string of the molecule is CN=C(NCc1cccs1)NCC(C(C)C)N1CCCC1. The van der Waals surface area contributed by atoms with Crippen LogP contribution in [0, 0.1) is 5.92 Å². The van der Waals surface area contributed by atoms with E-state index in [1.54, 1.807) is 11.3 Å². The molecule has 0 saturated carbocycles. The molecule has 0 amide bonds. The molecule has 1 atom stereocenters. The quantitative estimate of drug-likeness (QED) is 0.627. The van der Waals surface area contributed by atoms with Crippen LogP contribution in [-0.4, -0.2) is 43.6 Å². The minimum Gasteiger partial charge on any atom is -0.355 e. The minimum atomic E-state index is 0.591. The minimum absolute atomic E-state index is 0.591. The van der Waals surface area contributed by atoms with Gasteiger partial charge in [0.15, 0.2) is 5.96 Å². The highest BCUT2D eigenvalue weighted by molar-refractivity contribution is 7.09. The van der Waals surface area contributed by atoms with Gasteiger partial charge in [-0.3, -0.25) is 9.89 Å². The zero-order chi connectivity index (χ0) is 15.1. The molecule has 2 rings (SSSR count). The Labute approximate surface area is 132 Å². The maximum Gasteiger partial charge on any atom is 0.191 e. The van der Waals surface area contributed by atoms with E-state index in [0.29, 0.717) is 12.0 Å². The van der Waals surface area contributed by atoms with Crippen molar-refractivity contribution in [3.8, 4) is 0 Å². The van der Waals surface area contributed by atoms with Crippen LogP contribution in [0.1, 0.15) is 31.6 Å². The predicted octanol–water partition coefficient (Wildman–Crippen LogP) is 2.53. The zero-order valence-corrected chi connectivity index (χ0v) is 14.2. The van der Waals surface area contributed by atoms with E-state index in [1.807, 2.05) is 7.05 Å². The third-order valence-corrected chi connectivity index (χ3v) is 4.97. The van der Waals surface area contributed by atoms with Gasteiger partial charge in [-0.05, 0) is 43.3 Å². The van der Waals surface area contributed by atoms with E-state index in [-0.39, 0.29) is 0 Å². The Morgan fingerprint density at radius 1 is 1.33 bits per heavy atom.